The molecule has 0 aromatic heterocycles. The van der Waals surface area contributed by atoms with Crippen LogP contribution in [0.2, 0.25) is 0 Å². The van der Waals surface area contributed by atoms with Crippen LogP contribution in [0, 0.1) is 25.7 Å². The highest BCUT2D eigenvalue weighted by molar-refractivity contribution is 5.41. The van der Waals surface area contributed by atoms with Crippen molar-refractivity contribution in [3.8, 4) is 23.0 Å². The van der Waals surface area contributed by atoms with Crippen molar-refractivity contribution in [2.45, 2.75) is 26.1 Å². The van der Waals surface area contributed by atoms with Crippen LogP contribution in [0.3, 0.4) is 0 Å². The van der Waals surface area contributed by atoms with Crippen molar-refractivity contribution >= 4 is 0 Å². The molecule has 4 atom stereocenters. The quantitative estimate of drug-likeness (QED) is 0.248. The Kier molecular flexibility index (Phi) is 10.0. The van der Waals surface area contributed by atoms with E-state index in [0.717, 1.165) is 58.3 Å². The molecule has 0 fully saturated rings. The standard InChI is InChI=1S/2C18H21NO2/c2*1-13-7-3-5-9-16(13)21-18-14(11-19-2)12-20-17-10-6-4-8-15(17)18/h2*3-10,14,18-19H,11-12H2,1-2H3/t2*14-,18-/m10/s1. The van der Waals surface area contributed by atoms with Gasteiger partial charge < -0.3 is 29.6 Å². The van der Waals surface area contributed by atoms with E-state index in [9.17, 15) is 0 Å². The number of aryl methyl sites for hydroxylation is 2. The summed E-state index contributed by atoms with van der Waals surface area (Å²) in [6.45, 7) is 7.24. The van der Waals surface area contributed by atoms with Crippen molar-refractivity contribution in [3.63, 3.8) is 0 Å². The lowest BCUT2D eigenvalue weighted by Gasteiger charge is -2.34. The topological polar surface area (TPSA) is 61.0 Å². The van der Waals surface area contributed by atoms with Crippen molar-refractivity contribution in [2.75, 3.05) is 40.4 Å². The zero-order valence-corrected chi connectivity index (χ0v) is 25.0. The van der Waals surface area contributed by atoms with Crippen LogP contribution in [-0.4, -0.2) is 40.4 Å². The summed E-state index contributed by atoms with van der Waals surface area (Å²) in [7, 11) is 3.93. The maximum atomic E-state index is 6.36. The fraction of sp³-hybridized carbons (Fsp3) is 0.333. The van der Waals surface area contributed by atoms with Gasteiger partial charge in [0, 0.05) is 36.1 Å². The van der Waals surface area contributed by atoms with E-state index < -0.39 is 0 Å². The Bertz CT molecular complexity index is 1330. The molecule has 2 aliphatic rings. The van der Waals surface area contributed by atoms with E-state index >= 15 is 0 Å². The van der Waals surface area contributed by atoms with Crippen LogP contribution >= 0.6 is 0 Å². The van der Waals surface area contributed by atoms with E-state index in [1.807, 2.05) is 86.9 Å². The number of ether oxygens (including phenoxy) is 4. The first-order valence-electron chi connectivity index (χ1n) is 14.8. The minimum atomic E-state index is 0.0171. The maximum Gasteiger partial charge on any atom is 0.135 e. The van der Waals surface area contributed by atoms with Gasteiger partial charge in [0.15, 0.2) is 0 Å². The van der Waals surface area contributed by atoms with Gasteiger partial charge in [0.1, 0.15) is 35.2 Å². The largest absolute Gasteiger partial charge is 0.493 e. The predicted octanol–water partition coefficient (Wildman–Crippen LogP) is 6.69. The Balaban J connectivity index is 0.000000168. The Morgan fingerprint density at radius 1 is 0.571 bits per heavy atom. The summed E-state index contributed by atoms with van der Waals surface area (Å²) in [5.74, 6) is 4.35. The van der Waals surface area contributed by atoms with Gasteiger partial charge in [0.05, 0.1) is 13.2 Å². The molecule has 0 unspecified atom stereocenters. The van der Waals surface area contributed by atoms with Gasteiger partial charge in [-0.3, -0.25) is 0 Å². The molecule has 0 radical (unpaired) electrons. The number of hydrogen-bond acceptors (Lipinski definition) is 6. The molecule has 2 heterocycles. The normalized spacial score (nSPS) is 20.5. The van der Waals surface area contributed by atoms with E-state index in [-0.39, 0.29) is 12.2 Å². The number of benzene rings is 4. The van der Waals surface area contributed by atoms with Crippen LogP contribution in [0.4, 0.5) is 0 Å². The average molecular weight is 567 g/mol. The van der Waals surface area contributed by atoms with Crippen LogP contribution in [0.1, 0.15) is 34.5 Å². The lowest BCUT2D eigenvalue weighted by molar-refractivity contribution is 0.0698. The van der Waals surface area contributed by atoms with Gasteiger partial charge in [-0.25, -0.2) is 0 Å². The van der Waals surface area contributed by atoms with Gasteiger partial charge in [-0.1, -0.05) is 72.8 Å². The molecule has 4 aromatic carbocycles. The highest BCUT2D eigenvalue weighted by Crippen LogP contribution is 2.40. The summed E-state index contributed by atoms with van der Waals surface area (Å²) in [4.78, 5) is 0. The molecule has 220 valence electrons. The van der Waals surface area contributed by atoms with Crippen LogP contribution < -0.4 is 29.6 Å². The van der Waals surface area contributed by atoms with Crippen LogP contribution in [0.15, 0.2) is 97.1 Å². The molecule has 2 aliphatic heterocycles. The molecule has 0 saturated carbocycles. The molecule has 42 heavy (non-hydrogen) atoms. The van der Waals surface area contributed by atoms with Crippen molar-refractivity contribution in [3.05, 3.63) is 119 Å². The average Bonchev–Trinajstić information content (AvgIpc) is 3.02. The molecule has 0 aliphatic carbocycles. The molecule has 6 nitrogen and oxygen atoms in total. The monoisotopic (exact) mass is 566 g/mol. The fourth-order valence-corrected chi connectivity index (χ4v) is 5.60. The van der Waals surface area contributed by atoms with Gasteiger partial charge in [-0.2, -0.15) is 0 Å². The lowest BCUT2D eigenvalue weighted by atomic mass is 9.93. The molecular weight excluding hydrogens is 524 g/mol. The van der Waals surface area contributed by atoms with Gasteiger partial charge in [0.25, 0.3) is 0 Å². The second-order valence-corrected chi connectivity index (χ2v) is 10.9. The second kappa shape index (κ2) is 14.3. The van der Waals surface area contributed by atoms with Crippen LogP contribution in [0.5, 0.6) is 23.0 Å². The van der Waals surface area contributed by atoms with E-state index in [1.54, 1.807) is 0 Å². The molecule has 6 heteroatoms. The van der Waals surface area contributed by atoms with E-state index in [4.69, 9.17) is 18.9 Å². The molecule has 0 bridgehead atoms. The zero-order chi connectivity index (χ0) is 29.3. The van der Waals surface area contributed by atoms with Gasteiger partial charge in [0.2, 0.25) is 0 Å². The first-order chi connectivity index (χ1) is 20.6. The smallest absolute Gasteiger partial charge is 0.135 e. The SMILES string of the molecule is CNC[C@@H]1COc2ccccc2[C@@H]1Oc1ccccc1C.CNC[C@H]1COc2ccccc2[C@H]1Oc1ccccc1C. The number of fused-ring (bicyclic) bond motifs is 2. The van der Waals surface area contributed by atoms with Gasteiger partial charge in [-0.15, -0.1) is 0 Å². The van der Waals surface area contributed by atoms with Crippen molar-refractivity contribution in [2.24, 2.45) is 11.8 Å². The van der Waals surface area contributed by atoms with Crippen molar-refractivity contribution < 1.29 is 18.9 Å². The van der Waals surface area contributed by atoms with E-state index in [1.165, 1.54) is 0 Å². The second-order valence-electron chi connectivity index (χ2n) is 10.9. The summed E-state index contributed by atoms with van der Waals surface area (Å²) in [6.07, 6.45) is 0.0343. The van der Waals surface area contributed by atoms with Gasteiger partial charge in [-0.05, 0) is 63.3 Å². The van der Waals surface area contributed by atoms with Crippen LogP contribution in [-0.2, 0) is 0 Å². The Hall–Kier alpha value is -4.00. The highest BCUT2D eigenvalue weighted by Gasteiger charge is 2.33. The Morgan fingerprint density at radius 3 is 1.36 bits per heavy atom. The maximum absolute atomic E-state index is 6.36. The number of para-hydroxylation sites is 4. The third-order valence-corrected chi connectivity index (χ3v) is 7.84. The first kappa shape index (κ1) is 29.5. The van der Waals surface area contributed by atoms with Crippen molar-refractivity contribution in [1.29, 1.82) is 0 Å². The molecule has 6 rings (SSSR count). The summed E-state index contributed by atoms with van der Waals surface area (Å²) in [6, 6.07) is 32.6. The summed E-state index contributed by atoms with van der Waals surface area (Å²) in [5, 5.41) is 6.48. The fourth-order valence-electron chi connectivity index (χ4n) is 5.60. The molecule has 0 spiro atoms. The van der Waals surface area contributed by atoms with Crippen LogP contribution in [0.25, 0.3) is 0 Å². The number of nitrogens with one attached hydrogen (secondary N) is 2. The predicted molar refractivity (Wildman–Crippen MR) is 168 cm³/mol. The molecule has 4 aromatic rings. The van der Waals surface area contributed by atoms with Crippen molar-refractivity contribution in [1.82, 2.24) is 10.6 Å². The van der Waals surface area contributed by atoms with E-state index in [2.05, 4.69) is 48.7 Å². The highest BCUT2D eigenvalue weighted by atomic mass is 16.5. The zero-order valence-electron chi connectivity index (χ0n) is 25.0. The third kappa shape index (κ3) is 6.89. The lowest BCUT2D eigenvalue weighted by Crippen LogP contribution is -2.36. The molecule has 0 saturated heterocycles. The molecule has 2 N–H and O–H groups in total. The summed E-state index contributed by atoms with van der Waals surface area (Å²) >= 11 is 0. The number of rotatable bonds is 8. The van der Waals surface area contributed by atoms with Gasteiger partial charge >= 0.3 is 0 Å². The van der Waals surface area contributed by atoms with E-state index in [0.29, 0.717) is 25.0 Å². The summed E-state index contributed by atoms with van der Waals surface area (Å²) in [5.41, 5.74) is 4.58. The third-order valence-electron chi connectivity index (χ3n) is 7.84. The Morgan fingerprint density at radius 2 is 0.952 bits per heavy atom. The molecular formula is C36H42N2O4. The Labute approximate surface area is 250 Å². The minimum absolute atomic E-state index is 0.0171. The first-order valence-corrected chi connectivity index (χ1v) is 14.8. The molecule has 0 amide bonds. The summed E-state index contributed by atoms with van der Waals surface area (Å²) < 4.78 is 24.4. The number of hydrogen-bond donors (Lipinski definition) is 2. The minimum Gasteiger partial charge on any atom is -0.493 e.